The molecular formula is C32H41FN6O2. The number of aromatic nitrogens is 2. The van der Waals surface area contributed by atoms with E-state index in [1.54, 1.807) is 10.6 Å². The highest BCUT2D eigenvalue weighted by Crippen LogP contribution is 2.29. The number of rotatable bonds is 12. The van der Waals surface area contributed by atoms with Crippen molar-refractivity contribution in [1.29, 1.82) is 0 Å². The number of likely N-dealkylation sites (N-methyl/N-ethyl adjacent to an activating group) is 1. The third-order valence-corrected chi connectivity index (χ3v) is 8.22. The van der Waals surface area contributed by atoms with Crippen LogP contribution in [0.5, 0.6) is 0 Å². The molecule has 1 amide bonds. The minimum Gasteiger partial charge on any atom is -0.383 e. The molecule has 1 fully saturated rings. The van der Waals surface area contributed by atoms with E-state index in [9.17, 15) is 14.0 Å². The number of halogens is 1. The van der Waals surface area contributed by atoms with Gasteiger partial charge in [0.25, 0.3) is 11.5 Å². The maximum atomic E-state index is 14.9. The van der Waals surface area contributed by atoms with Crippen LogP contribution in [0.1, 0.15) is 61.3 Å². The van der Waals surface area contributed by atoms with Crippen LogP contribution in [0.3, 0.4) is 0 Å². The summed E-state index contributed by atoms with van der Waals surface area (Å²) >= 11 is 0. The van der Waals surface area contributed by atoms with Gasteiger partial charge in [-0.2, -0.15) is 0 Å². The molecule has 2 aliphatic rings. The Morgan fingerprint density at radius 3 is 2.56 bits per heavy atom. The quantitative estimate of drug-likeness (QED) is 0.319. The molecular weight excluding hydrogens is 519 g/mol. The number of hydrogen-bond donors (Lipinski definition) is 2. The van der Waals surface area contributed by atoms with Crippen LogP contribution in [0.4, 0.5) is 10.1 Å². The summed E-state index contributed by atoms with van der Waals surface area (Å²) in [7, 11) is 0. The van der Waals surface area contributed by atoms with Gasteiger partial charge in [-0.15, -0.1) is 0 Å². The van der Waals surface area contributed by atoms with Crippen LogP contribution in [0.2, 0.25) is 0 Å². The summed E-state index contributed by atoms with van der Waals surface area (Å²) in [5, 5.41) is 6.49. The number of fused-ring (bicyclic) bond motifs is 2. The number of carbonyl (C=O) groups excluding carboxylic acids is 1. The van der Waals surface area contributed by atoms with Crippen molar-refractivity contribution in [2.75, 3.05) is 57.7 Å². The summed E-state index contributed by atoms with van der Waals surface area (Å²) in [5.74, 6) is 0.103. The number of hydrogen-bond acceptors (Lipinski definition) is 6. The van der Waals surface area contributed by atoms with Crippen molar-refractivity contribution in [1.82, 2.24) is 24.7 Å². The molecule has 2 N–H and O–H groups in total. The average molecular weight is 561 g/mol. The molecule has 0 aliphatic carbocycles. The van der Waals surface area contributed by atoms with E-state index in [1.807, 2.05) is 30.3 Å². The topological polar surface area (TPSA) is 82.5 Å². The molecule has 41 heavy (non-hydrogen) atoms. The fourth-order valence-corrected chi connectivity index (χ4v) is 5.74. The van der Waals surface area contributed by atoms with Crippen LogP contribution < -0.4 is 16.2 Å². The lowest BCUT2D eigenvalue weighted by molar-refractivity contribution is 0.0949. The van der Waals surface area contributed by atoms with Crippen molar-refractivity contribution in [3.8, 4) is 0 Å². The number of anilines is 1. The van der Waals surface area contributed by atoms with Crippen LogP contribution in [-0.4, -0.2) is 77.6 Å². The molecule has 218 valence electrons. The average Bonchev–Trinajstić information content (AvgIpc) is 3.65. The second-order valence-corrected chi connectivity index (χ2v) is 10.9. The summed E-state index contributed by atoms with van der Waals surface area (Å²) in [5.41, 5.74) is 3.15. The number of nitrogens with zero attached hydrogens (tertiary/aromatic N) is 4. The van der Waals surface area contributed by atoms with Crippen LogP contribution in [0, 0.1) is 5.82 Å². The Morgan fingerprint density at radius 1 is 1.07 bits per heavy atom. The number of nitrogens with one attached hydrogen (secondary N) is 2. The largest absolute Gasteiger partial charge is 0.383 e. The van der Waals surface area contributed by atoms with E-state index in [4.69, 9.17) is 4.98 Å². The maximum Gasteiger partial charge on any atom is 0.261 e. The van der Waals surface area contributed by atoms with E-state index in [0.29, 0.717) is 54.0 Å². The van der Waals surface area contributed by atoms with E-state index in [2.05, 4.69) is 34.3 Å². The van der Waals surface area contributed by atoms with Gasteiger partial charge < -0.3 is 20.4 Å². The number of allylic oxidation sites excluding steroid dienone is 1. The van der Waals surface area contributed by atoms with E-state index in [0.717, 1.165) is 56.8 Å². The molecule has 9 heteroatoms. The van der Waals surface area contributed by atoms with Gasteiger partial charge in [-0.25, -0.2) is 9.37 Å². The number of benzene rings is 2. The molecule has 0 saturated carbocycles. The van der Waals surface area contributed by atoms with E-state index in [-0.39, 0.29) is 11.5 Å². The molecule has 1 aromatic heterocycles. The highest BCUT2D eigenvalue weighted by molar-refractivity contribution is 5.94. The Hall–Kier alpha value is -3.56. The zero-order chi connectivity index (χ0) is 28.8. The lowest BCUT2D eigenvalue weighted by Crippen LogP contribution is -2.34. The van der Waals surface area contributed by atoms with Gasteiger partial charge in [0.1, 0.15) is 11.6 Å². The monoisotopic (exact) mass is 560 g/mol. The van der Waals surface area contributed by atoms with Crippen molar-refractivity contribution in [2.45, 2.75) is 46.1 Å². The first-order chi connectivity index (χ1) is 20.0. The number of amides is 1. The van der Waals surface area contributed by atoms with Gasteiger partial charge >= 0.3 is 0 Å². The smallest absolute Gasteiger partial charge is 0.261 e. The molecule has 2 aromatic carbocycles. The Bertz CT molecular complexity index is 1460. The number of carbonyl (C=O) groups is 1. The molecule has 0 atom stereocenters. The van der Waals surface area contributed by atoms with E-state index in [1.165, 1.54) is 18.9 Å². The first-order valence-corrected chi connectivity index (χ1v) is 15.0. The summed E-state index contributed by atoms with van der Waals surface area (Å²) in [6.45, 7) is 12.1. The van der Waals surface area contributed by atoms with Gasteiger partial charge in [-0.05, 0) is 99.9 Å². The molecule has 3 aromatic rings. The lowest BCUT2D eigenvalue weighted by atomic mass is 10.1. The summed E-state index contributed by atoms with van der Waals surface area (Å²) in [4.78, 5) is 35.3. The van der Waals surface area contributed by atoms with Crippen molar-refractivity contribution in [3.05, 3.63) is 69.5 Å². The third-order valence-electron chi connectivity index (χ3n) is 8.22. The summed E-state index contributed by atoms with van der Waals surface area (Å²) in [6.07, 6.45) is 6.13. The SMILES string of the molecule is CCN(CC)CCNC(=O)c1ccc(/C=C2\CCn3c2nc2cc(NCCCN4CCCC4)c(F)cc2c3=O)cc1. The Balaban J connectivity index is 1.28. The molecule has 5 rings (SSSR count). The van der Waals surface area contributed by atoms with Crippen molar-refractivity contribution >= 4 is 34.1 Å². The van der Waals surface area contributed by atoms with Gasteiger partial charge in [0.15, 0.2) is 0 Å². The molecule has 8 nitrogen and oxygen atoms in total. The molecule has 3 heterocycles. The second-order valence-electron chi connectivity index (χ2n) is 10.9. The van der Waals surface area contributed by atoms with Gasteiger partial charge in [0.05, 0.1) is 16.6 Å². The van der Waals surface area contributed by atoms with Gasteiger partial charge in [0.2, 0.25) is 0 Å². The molecule has 0 radical (unpaired) electrons. The first kappa shape index (κ1) is 29.0. The van der Waals surface area contributed by atoms with E-state index < -0.39 is 5.82 Å². The van der Waals surface area contributed by atoms with Crippen molar-refractivity contribution < 1.29 is 9.18 Å². The normalized spacial score (nSPS) is 16.1. The van der Waals surface area contributed by atoms with Crippen LogP contribution in [-0.2, 0) is 6.54 Å². The minimum atomic E-state index is -0.427. The lowest BCUT2D eigenvalue weighted by Gasteiger charge is -2.17. The van der Waals surface area contributed by atoms with Gasteiger partial charge in [-0.3, -0.25) is 14.2 Å². The fraction of sp³-hybridized carbons (Fsp3) is 0.469. The maximum absolute atomic E-state index is 14.9. The van der Waals surface area contributed by atoms with E-state index >= 15 is 0 Å². The van der Waals surface area contributed by atoms with Gasteiger partial charge in [-0.1, -0.05) is 26.0 Å². The van der Waals surface area contributed by atoms with Crippen molar-refractivity contribution in [3.63, 3.8) is 0 Å². The predicted octanol–water partition coefficient (Wildman–Crippen LogP) is 4.45. The molecule has 0 unspecified atom stereocenters. The van der Waals surface area contributed by atoms with Crippen LogP contribution in [0.25, 0.3) is 22.6 Å². The fourth-order valence-electron chi connectivity index (χ4n) is 5.74. The Labute approximate surface area is 241 Å². The molecule has 0 bridgehead atoms. The number of likely N-dealkylation sites (tertiary alicyclic amines) is 1. The van der Waals surface area contributed by atoms with Gasteiger partial charge in [0, 0.05) is 31.7 Å². The highest BCUT2D eigenvalue weighted by Gasteiger charge is 2.22. The minimum absolute atomic E-state index is 0.0880. The van der Waals surface area contributed by atoms with Crippen LogP contribution in [0.15, 0.2) is 41.2 Å². The van der Waals surface area contributed by atoms with Crippen molar-refractivity contribution in [2.24, 2.45) is 0 Å². The standard InChI is InChI=1S/C32H41FN6O2/c1-3-37(4-2)19-14-35-31(40)24-10-8-23(9-11-24)20-25-12-18-39-30(25)36-28-22-29(27(33)21-26(28)32(39)41)34-13-7-17-38-15-5-6-16-38/h8-11,20-22,34H,3-7,12-19H2,1-2H3,(H,35,40)/b25-20+. The zero-order valence-electron chi connectivity index (χ0n) is 24.2. The first-order valence-electron chi connectivity index (χ1n) is 15.0. The zero-order valence-corrected chi connectivity index (χ0v) is 24.2. The predicted molar refractivity (Wildman–Crippen MR) is 164 cm³/mol. The van der Waals surface area contributed by atoms with Crippen LogP contribution >= 0.6 is 0 Å². The summed E-state index contributed by atoms with van der Waals surface area (Å²) < 4.78 is 16.5. The molecule has 0 spiro atoms. The molecule has 2 aliphatic heterocycles. The third kappa shape index (κ3) is 6.85. The summed E-state index contributed by atoms with van der Waals surface area (Å²) in [6, 6.07) is 10.4. The molecule has 1 saturated heterocycles. The second kappa shape index (κ2) is 13.4. The Morgan fingerprint density at radius 2 is 1.83 bits per heavy atom. The Kier molecular flexibility index (Phi) is 9.46. The highest BCUT2D eigenvalue weighted by atomic mass is 19.1.